The fourth-order valence-corrected chi connectivity index (χ4v) is 3.40. The fourth-order valence-electron chi connectivity index (χ4n) is 2.35. The minimum Gasteiger partial charge on any atom is -0.450 e. The number of hydrogen-bond acceptors (Lipinski definition) is 5. The Hall–Kier alpha value is -3.33. The lowest BCUT2D eigenvalue weighted by Crippen LogP contribution is -2.16. The van der Waals surface area contributed by atoms with Crippen molar-refractivity contribution < 1.29 is 17.9 Å². The number of aromatic nitrogens is 2. The SMILES string of the molecule is CCOC(=O)Nc1ccc(S(=O)(=O)Nc2ccnn2-c2ccccc2)cc1. The molecule has 0 bridgehead atoms. The monoisotopic (exact) mass is 386 g/mol. The number of ether oxygens (including phenoxy) is 1. The van der Waals surface area contributed by atoms with Crippen molar-refractivity contribution >= 4 is 27.6 Å². The Balaban J connectivity index is 1.78. The van der Waals surface area contributed by atoms with Gasteiger partial charge in [-0.2, -0.15) is 5.10 Å². The lowest BCUT2D eigenvalue weighted by molar-refractivity contribution is 0.168. The molecule has 0 aliphatic heterocycles. The van der Waals surface area contributed by atoms with Gasteiger partial charge in [-0.25, -0.2) is 17.9 Å². The van der Waals surface area contributed by atoms with Crippen molar-refractivity contribution in [2.24, 2.45) is 0 Å². The fraction of sp³-hybridized carbons (Fsp3) is 0.111. The maximum absolute atomic E-state index is 12.7. The number of carbonyl (C=O) groups is 1. The molecule has 0 aliphatic rings. The second kappa shape index (κ2) is 7.92. The first-order valence-corrected chi connectivity index (χ1v) is 9.64. The van der Waals surface area contributed by atoms with Gasteiger partial charge in [0, 0.05) is 11.8 Å². The Labute approximate surface area is 156 Å². The van der Waals surface area contributed by atoms with Gasteiger partial charge in [0.15, 0.2) is 0 Å². The molecule has 0 atom stereocenters. The highest BCUT2D eigenvalue weighted by Gasteiger charge is 2.17. The van der Waals surface area contributed by atoms with E-state index in [1.54, 1.807) is 13.0 Å². The topological polar surface area (TPSA) is 102 Å². The van der Waals surface area contributed by atoms with Crippen molar-refractivity contribution in [1.82, 2.24) is 9.78 Å². The van der Waals surface area contributed by atoms with Crippen LogP contribution in [0.5, 0.6) is 0 Å². The number of carbonyl (C=O) groups excluding carboxylic acids is 1. The summed E-state index contributed by atoms with van der Waals surface area (Å²) in [6, 6.07) is 16.5. The smallest absolute Gasteiger partial charge is 0.411 e. The van der Waals surface area contributed by atoms with Crippen molar-refractivity contribution in [3.8, 4) is 5.69 Å². The summed E-state index contributed by atoms with van der Waals surface area (Å²) in [5.41, 5.74) is 1.16. The van der Waals surface area contributed by atoms with Crippen molar-refractivity contribution in [3.05, 3.63) is 66.9 Å². The van der Waals surface area contributed by atoms with Crippen LogP contribution in [0.25, 0.3) is 5.69 Å². The molecule has 1 amide bonds. The van der Waals surface area contributed by atoms with Crippen molar-refractivity contribution in [2.75, 3.05) is 16.6 Å². The molecule has 8 nitrogen and oxygen atoms in total. The molecule has 0 fully saturated rings. The van der Waals surface area contributed by atoms with Gasteiger partial charge < -0.3 is 4.74 Å². The normalized spacial score (nSPS) is 11.0. The van der Waals surface area contributed by atoms with Gasteiger partial charge in [0.2, 0.25) is 0 Å². The molecule has 1 heterocycles. The van der Waals surface area contributed by atoms with Gasteiger partial charge in [-0.3, -0.25) is 10.0 Å². The van der Waals surface area contributed by atoms with E-state index in [0.717, 1.165) is 5.69 Å². The largest absolute Gasteiger partial charge is 0.450 e. The molecule has 0 saturated carbocycles. The van der Waals surface area contributed by atoms with Gasteiger partial charge >= 0.3 is 6.09 Å². The summed E-state index contributed by atoms with van der Waals surface area (Å²) in [7, 11) is -3.82. The summed E-state index contributed by atoms with van der Waals surface area (Å²) in [6.07, 6.45) is 0.912. The summed E-state index contributed by atoms with van der Waals surface area (Å²) < 4.78 is 34.1. The molecule has 27 heavy (non-hydrogen) atoms. The Morgan fingerprint density at radius 3 is 2.44 bits per heavy atom. The van der Waals surface area contributed by atoms with Crippen LogP contribution in [0.4, 0.5) is 16.3 Å². The van der Waals surface area contributed by atoms with Crippen LogP contribution in [0.3, 0.4) is 0 Å². The number of sulfonamides is 1. The molecule has 0 saturated heterocycles. The molecule has 3 rings (SSSR count). The lowest BCUT2D eigenvalue weighted by atomic mass is 10.3. The zero-order valence-electron chi connectivity index (χ0n) is 14.5. The number of nitrogens with one attached hydrogen (secondary N) is 2. The van der Waals surface area contributed by atoms with E-state index in [4.69, 9.17) is 4.74 Å². The Morgan fingerprint density at radius 2 is 1.78 bits per heavy atom. The van der Waals surface area contributed by atoms with Gasteiger partial charge in [0.05, 0.1) is 23.4 Å². The number of amides is 1. The Bertz CT molecular complexity index is 1020. The second-order valence-electron chi connectivity index (χ2n) is 5.44. The second-order valence-corrected chi connectivity index (χ2v) is 7.12. The van der Waals surface area contributed by atoms with E-state index in [2.05, 4.69) is 15.1 Å². The van der Waals surface area contributed by atoms with Crippen LogP contribution in [-0.4, -0.2) is 30.9 Å². The lowest BCUT2D eigenvalue weighted by Gasteiger charge is -2.11. The first kappa shape index (κ1) is 18.5. The first-order valence-electron chi connectivity index (χ1n) is 8.16. The van der Waals surface area contributed by atoms with Crippen LogP contribution in [0.1, 0.15) is 6.92 Å². The van der Waals surface area contributed by atoms with E-state index in [1.807, 2.05) is 30.3 Å². The van der Waals surface area contributed by atoms with E-state index in [9.17, 15) is 13.2 Å². The summed E-state index contributed by atoms with van der Waals surface area (Å²) in [6.45, 7) is 1.94. The third-order valence-electron chi connectivity index (χ3n) is 3.57. The highest BCUT2D eigenvalue weighted by Crippen LogP contribution is 2.20. The minimum absolute atomic E-state index is 0.0534. The Kier molecular flexibility index (Phi) is 5.41. The molecular weight excluding hydrogens is 368 g/mol. The summed E-state index contributed by atoms with van der Waals surface area (Å²) in [5.74, 6) is 0.315. The number of rotatable bonds is 6. The van der Waals surface area contributed by atoms with E-state index < -0.39 is 16.1 Å². The molecule has 2 aromatic carbocycles. The molecule has 1 aromatic heterocycles. The molecule has 2 N–H and O–H groups in total. The van der Waals surface area contributed by atoms with Crippen molar-refractivity contribution in [2.45, 2.75) is 11.8 Å². The van der Waals surface area contributed by atoms with Gasteiger partial charge in [-0.1, -0.05) is 18.2 Å². The first-order chi connectivity index (χ1) is 13.0. The average Bonchev–Trinajstić information content (AvgIpc) is 3.10. The van der Waals surface area contributed by atoms with Crippen LogP contribution in [0, 0.1) is 0 Å². The molecule has 0 spiro atoms. The van der Waals surface area contributed by atoms with E-state index in [0.29, 0.717) is 11.5 Å². The summed E-state index contributed by atoms with van der Waals surface area (Å²) in [5, 5.41) is 6.66. The maximum Gasteiger partial charge on any atom is 0.411 e. The predicted molar refractivity (Wildman–Crippen MR) is 101 cm³/mol. The van der Waals surface area contributed by atoms with Crippen molar-refractivity contribution in [1.29, 1.82) is 0 Å². The summed E-state index contributed by atoms with van der Waals surface area (Å²) in [4.78, 5) is 11.5. The molecule has 3 aromatic rings. The number of anilines is 2. The molecular formula is C18H18N4O4S. The number of hydrogen-bond donors (Lipinski definition) is 2. The zero-order valence-corrected chi connectivity index (χ0v) is 15.3. The van der Waals surface area contributed by atoms with Gasteiger partial charge in [-0.15, -0.1) is 0 Å². The quantitative estimate of drug-likeness (QED) is 0.677. The molecule has 0 radical (unpaired) electrons. The standard InChI is InChI=1S/C18H18N4O4S/c1-2-26-18(23)20-14-8-10-16(11-9-14)27(24,25)21-17-12-13-19-22(17)15-6-4-3-5-7-15/h3-13,21H,2H2,1H3,(H,20,23). The molecule has 0 unspecified atom stereocenters. The highest BCUT2D eigenvalue weighted by atomic mass is 32.2. The minimum atomic E-state index is -3.82. The van der Waals surface area contributed by atoms with Crippen LogP contribution < -0.4 is 10.0 Å². The number of nitrogens with zero attached hydrogens (tertiary/aromatic N) is 2. The van der Waals surface area contributed by atoms with Gasteiger partial charge in [0.25, 0.3) is 10.0 Å². The number of para-hydroxylation sites is 1. The van der Waals surface area contributed by atoms with Gasteiger partial charge in [-0.05, 0) is 43.3 Å². The van der Waals surface area contributed by atoms with Crippen LogP contribution in [0.2, 0.25) is 0 Å². The third kappa shape index (κ3) is 4.45. The van der Waals surface area contributed by atoms with E-state index in [-0.39, 0.29) is 11.5 Å². The van der Waals surface area contributed by atoms with Gasteiger partial charge in [0.1, 0.15) is 5.82 Å². The molecule has 140 valence electrons. The van der Waals surface area contributed by atoms with E-state index >= 15 is 0 Å². The van der Waals surface area contributed by atoms with E-state index in [1.165, 1.54) is 35.1 Å². The average molecular weight is 386 g/mol. The third-order valence-corrected chi connectivity index (χ3v) is 4.94. The summed E-state index contributed by atoms with van der Waals surface area (Å²) >= 11 is 0. The van der Waals surface area contributed by atoms with Crippen LogP contribution in [0.15, 0.2) is 71.8 Å². The predicted octanol–water partition coefficient (Wildman–Crippen LogP) is 3.24. The van der Waals surface area contributed by atoms with Crippen LogP contribution in [-0.2, 0) is 14.8 Å². The zero-order chi connectivity index (χ0) is 19.3. The van der Waals surface area contributed by atoms with Crippen LogP contribution >= 0.6 is 0 Å². The molecule has 9 heteroatoms. The van der Waals surface area contributed by atoms with Crippen molar-refractivity contribution in [3.63, 3.8) is 0 Å². The Morgan fingerprint density at radius 1 is 1.07 bits per heavy atom. The highest BCUT2D eigenvalue weighted by molar-refractivity contribution is 7.92. The maximum atomic E-state index is 12.7. The molecule has 0 aliphatic carbocycles. The number of benzene rings is 2.